The highest BCUT2D eigenvalue weighted by atomic mass is 32.1. The maximum atomic E-state index is 14.2. The van der Waals surface area contributed by atoms with Crippen LogP contribution in [0.25, 0.3) is 10.2 Å². The lowest BCUT2D eigenvalue weighted by Gasteiger charge is -2.23. The van der Waals surface area contributed by atoms with Gasteiger partial charge in [0.1, 0.15) is 5.52 Å². The zero-order valence-corrected chi connectivity index (χ0v) is 10.8. The number of fused-ring (bicyclic) bond motifs is 1. The Morgan fingerprint density at radius 3 is 2.94 bits per heavy atom. The van der Waals surface area contributed by atoms with Crippen LogP contribution in [0.5, 0.6) is 5.88 Å². The summed E-state index contributed by atoms with van der Waals surface area (Å²) < 4.78 is 25.4. The molecule has 0 aromatic carbocycles. The zero-order valence-electron chi connectivity index (χ0n) is 9.98. The van der Waals surface area contributed by atoms with Gasteiger partial charge in [-0.25, -0.2) is 4.98 Å². The van der Waals surface area contributed by atoms with Gasteiger partial charge in [-0.05, 0) is 18.8 Å². The summed E-state index contributed by atoms with van der Waals surface area (Å²) >= 11 is 1.44. The number of methoxy groups -OCH3 is 1. The molecule has 1 saturated heterocycles. The monoisotopic (exact) mass is 268 g/mol. The maximum absolute atomic E-state index is 14.2. The molecule has 3 rings (SSSR count). The van der Waals surface area contributed by atoms with E-state index in [1.807, 2.05) is 0 Å². The molecule has 1 aliphatic heterocycles. The number of thiazole rings is 1. The third-order valence-corrected chi connectivity index (χ3v) is 4.12. The summed E-state index contributed by atoms with van der Waals surface area (Å²) in [6.07, 6.45) is 1.66. The van der Waals surface area contributed by atoms with Crippen LogP contribution in [0, 0.1) is 5.95 Å². The lowest BCUT2D eigenvalue weighted by molar-refractivity contribution is 0.0848. The second-order valence-electron chi connectivity index (χ2n) is 4.24. The molecule has 1 aliphatic rings. The number of hydrogen-bond donors (Lipinski definition) is 0. The van der Waals surface area contributed by atoms with Crippen molar-refractivity contribution in [3.05, 3.63) is 17.0 Å². The Morgan fingerprint density at radius 2 is 2.22 bits per heavy atom. The first-order valence-corrected chi connectivity index (χ1v) is 6.73. The summed E-state index contributed by atoms with van der Waals surface area (Å²) in [6.45, 7) is 1.35. The van der Waals surface area contributed by atoms with E-state index < -0.39 is 5.95 Å². The third-order valence-electron chi connectivity index (χ3n) is 3.26. The summed E-state index contributed by atoms with van der Waals surface area (Å²) in [6, 6.07) is 0. The lowest BCUT2D eigenvalue weighted by atomic mass is 9.92. The van der Waals surface area contributed by atoms with E-state index in [-0.39, 0.29) is 11.8 Å². The first-order chi connectivity index (χ1) is 8.81. The minimum atomic E-state index is -0.435. The Balaban J connectivity index is 2.15. The van der Waals surface area contributed by atoms with Gasteiger partial charge in [-0.2, -0.15) is 9.37 Å². The molecule has 6 heteroatoms. The minimum Gasteiger partial charge on any atom is -0.479 e. The second-order valence-corrected chi connectivity index (χ2v) is 5.10. The van der Waals surface area contributed by atoms with Crippen LogP contribution < -0.4 is 4.74 Å². The van der Waals surface area contributed by atoms with E-state index in [0.29, 0.717) is 24.3 Å². The van der Waals surface area contributed by atoms with E-state index in [9.17, 15) is 4.39 Å². The number of rotatable bonds is 2. The Labute approximate surface area is 108 Å². The molecular formula is C12H13FN2O2S. The number of aromatic nitrogens is 2. The fourth-order valence-electron chi connectivity index (χ4n) is 2.37. The standard InChI is InChI=1S/C12H13FN2O2S/c1-16-12-9-10(18-6-14-9)8(11(13)15-12)7-2-4-17-5-3-7/h6-7H,2-5H2,1H3. The fraction of sp³-hybridized carbons (Fsp3) is 0.500. The van der Waals surface area contributed by atoms with E-state index in [2.05, 4.69) is 9.97 Å². The molecule has 0 bridgehead atoms. The van der Waals surface area contributed by atoms with Crippen LogP contribution in [-0.4, -0.2) is 30.3 Å². The van der Waals surface area contributed by atoms with Crippen LogP contribution in [0.3, 0.4) is 0 Å². The number of nitrogens with zero attached hydrogens (tertiary/aromatic N) is 2. The van der Waals surface area contributed by atoms with Gasteiger partial charge >= 0.3 is 0 Å². The van der Waals surface area contributed by atoms with E-state index in [0.717, 1.165) is 17.5 Å². The average molecular weight is 268 g/mol. The molecule has 0 unspecified atom stereocenters. The lowest BCUT2D eigenvalue weighted by Crippen LogP contribution is -2.16. The van der Waals surface area contributed by atoms with Gasteiger partial charge in [0.05, 0.1) is 17.3 Å². The number of ether oxygens (including phenoxy) is 2. The van der Waals surface area contributed by atoms with Crippen LogP contribution >= 0.6 is 11.3 Å². The topological polar surface area (TPSA) is 44.2 Å². The molecular weight excluding hydrogens is 255 g/mol. The highest BCUT2D eigenvalue weighted by Crippen LogP contribution is 2.38. The summed E-state index contributed by atoms with van der Waals surface area (Å²) in [5.74, 6) is -0.00448. The Morgan fingerprint density at radius 1 is 1.44 bits per heavy atom. The normalized spacial score (nSPS) is 17.2. The molecule has 0 N–H and O–H groups in total. The van der Waals surface area contributed by atoms with Crippen molar-refractivity contribution in [1.29, 1.82) is 0 Å². The molecule has 0 radical (unpaired) electrons. The summed E-state index contributed by atoms with van der Waals surface area (Å²) in [7, 11) is 1.48. The quantitative estimate of drug-likeness (QED) is 0.786. The Hall–Kier alpha value is -1.27. The van der Waals surface area contributed by atoms with Crippen LogP contribution in [0.15, 0.2) is 5.51 Å². The van der Waals surface area contributed by atoms with Gasteiger partial charge in [-0.3, -0.25) is 0 Å². The van der Waals surface area contributed by atoms with Crippen molar-refractivity contribution >= 4 is 21.6 Å². The first kappa shape index (κ1) is 11.8. The maximum Gasteiger partial charge on any atom is 0.243 e. The summed E-state index contributed by atoms with van der Waals surface area (Å²) in [4.78, 5) is 8.10. The van der Waals surface area contributed by atoms with Gasteiger partial charge in [0.15, 0.2) is 0 Å². The van der Waals surface area contributed by atoms with Gasteiger partial charge in [-0.1, -0.05) is 0 Å². The van der Waals surface area contributed by atoms with Crippen LogP contribution in [0.4, 0.5) is 4.39 Å². The van der Waals surface area contributed by atoms with Crippen LogP contribution in [0.2, 0.25) is 0 Å². The highest BCUT2D eigenvalue weighted by molar-refractivity contribution is 7.17. The molecule has 0 aliphatic carbocycles. The van der Waals surface area contributed by atoms with Gasteiger partial charge in [0.2, 0.25) is 11.8 Å². The Bertz CT molecular complexity index is 566. The highest BCUT2D eigenvalue weighted by Gasteiger charge is 2.25. The van der Waals surface area contributed by atoms with Crippen molar-refractivity contribution in [2.45, 2.75) is 18.8 Å². The van der Waals surface area contributed by atoms with Crippen LogP contribution in [0.1, 0.15) is 24.3 Å². The largest absolute Gasteiger partial charge is 0.479 e. The number of pyridine rings is 1. The van der Waals surface area contributed by atoms with Crippen LogP contribution in [-0.2, 0) is 4.74 Å². The molecule has 0 amide bonds. The molecule has 0 saturated carbocycles. The molecule has 1 fully saturated rings. The zero-order chi connectivity index (χ0) is 12.5. The summed E-state index contributed by atoms with van der Waals surface area (Å²) in [5, 5.41) is 0. The Kier molecular flexibility index (Phi) is 3.13. The van der Waals surface area contributed by atoms with Gasteiger partial charge in [-0.15, -0.1) is 11.3 Å². The van der Waals surface area contributed by atoms with Crippen molar-refractivity contribution < 1.29 is 13.9 Å². The molecule has 0 atom stereocenters. The average Bonchev–Trinajstić information content (AvgIpc) is 2.87. The second kappa shape index (κ2) is 4.78. The molecule has 96 valence electrons. The van der Waals surface area contributed by atoms with Gasteiger partial charge in [0, 0.05) is 18.8 Å². The van der Waals surface area contributed by atoms with Crippen molar-refractivity contribution in [3.8, 4) is 5.88 Å². The predicted octanol–water partition coefficient (Wildman–Crippen LogP) is 2.73. The van der Waals surface area contributed by atoms with Gasteiger partial charge < -0.3 is 9.47 Å². The van der Waals surface area contributed by atoms with Crippen molar-refractivity contribution in [2.24, 2.45) is 0 Å². The SMILES string of the molecule is COc1nc(F)c(C2CCOCC2)c2scnc12. The fourth-order valence-corrected chi connectivity index (χ4v) is 3.26. The third kappa shape index (κ3) is 1.85. The smallest absolute Gasteiger partial charge is 0.243 e. The van der Waals surface area contributed by atoms with E-state index >= 15 is 0 Å². The molecule has 3 heterocycles. The molecule has 0 spiro atoms. The minimum absolute atomic E-state index is 0.167. The van der Waals surface area contributed by atoms with Crippen molar-refractivity contribution in [3.63, 3.8) is 0 Å². The van der Waals surface area contributed by atoms with Crippen molar-refractivity contribution in [1.82, 2.24) is 9.97 Å². The number of halogens is 1. The number of hydrogen-bond acceptors (Lipinski definition) is 5. The first-order valence-electron chi connectivity index (χ1n) is 5.85. The molecule has 4 nitrogen and oxygen atoms in total. The van der Waals surface area contributed by atoms with Crippen molar-refractivity contribution in [2.75, 3.05) is 20.3 Å². The van der Waals surface area contributed by atoms with E-state index in [4.69, 9.17) is 9.47 Å². The van der Waals surface area contributed by atoms with E-state index in [1.54, 1.807) is 5.51 Å². The molecule has 2 aromatic heterocycles. The molecule has 18 heavy (non-hydrogen) atoms. The van der Waals surface area contributed by atoms with E-state index in [1.165, 1.54) is 18.4 Å². The molecule has 2 aromatic rings. The van der Waals surface area contributed by atoms with Gasteiger partial charge in [0.25, 0.3) is 0 Å². The predicted molar refractivity (Wildman–Crippen MR) is 66.7 cm³/mol. The summed E-state index contributed by atoms with van der Waals surface area (Å²) in [5.41, 5.74) is 3.04.